The molecule has 6 heteroatoms. The van der Waals surface area contributed by atoms with Gasteiger partial charge in [-0.3, -0.25) is 9.59 Å². The largest absolute Gasteiger partial charge is 0.466 e. The van der Waals surface area contributed by atoms with Crippen LogP contribution in [0.3, 0.4) is 0 Å². The van der Waals surface area contributed by atoms with Gasteiger partial charge in [-0.15, -0.1) is 0 Å². The number of ether oxygens (including phenoxy) is 1. The summed E-state index contributed by atoms with van der Waals surface area (Å²) >= 11 is 12.0. The summed E-state index contributed by atoms with van der Waals surface area (Å²) in [5.74, 6) is -0.943. The lowest BCUT2D eigenvalue weighted by Gasteiger charge is -2.18. The van der Waals surface area contributed by atoms with E-state index in [9.17, 15) is 9.59 Å². The Morgan fingerprint density at radius 2 is 2.21 bits per heavy atom. The van der Waals surface area contributed by atoms with Crippen molar-refractivity contribution in [2.24, 2.45) is 5.92 Å². The van der Waals surface area contributed by atoms with Gasteiger partial charge in [0.1, 0.15) is 0 Å². The summed E-state index contributed by atoms with van der Waals surface area (Å²) < 4.78 is 4.94. The minimum absolute atomic E-state index is 0.141. The average Bonchev–Trinajstić information content (AvgIpc) is 2.75. The molecule has 1 aliphatic rings. The second-order valence-corrected chi connectivity index (χ2v) is 5.02. The van der Waals surface area contributed by atoms with Crippen LogP contribution in [0.4, 0.5) is 5.69 Å². The Bertz CT molecular complexity index is 519. The van der Waals surface area contributed by atoms with E-state index in [1.165, 1.54) is 4.90 Å². The van der Waals surface area contributed by atoms with Crippen LogP contribution >= 0.6 is 23.2 Å². The molecule has 0 aliphatic carbocycles. The zero-order valence-corrected chi connectivity index (χ0v) is 11.9. The number of benzene rings is 1. The maximum atomic E-state index is 12.0. The third-order valence-corrected chi connectivity index (χ3v) is 3.78. The van der Waals surface area contributed by atoms with Gasteiger partial charge < -0.3 is 9.64 Å². The van der Waals surface area contributed by atoms with Crippen molar-refractivity contribution in [2.75, 3.05) is 18.1 Å². The SMILES string of the molecule is CCOC(=O)C1CC(=O)N(c2cccc(Cl)c2Cl)C1. The first-order valence-electron chi connectivity index (χ1n) is 5.95. The number of carbonyl (C=O) groups is 2. The van der Waals surface area contributed by atoms with Crippen LogP contribution in [0, 0.1) is 5.92 Å². The number of rotatable bonds is 3. The zero-order valence-electron chi connectivity index (χ0n) is 10.4. The maximum Gasteiger partial charge on any atom is 0.311 e. The molecule has 1 heterocycles. The van der Waals surface area contributed by atoms with Gasteiger partial charge in [-0.05, 0) is 19.1 Å². The lowest BCUT2D eigenvalue weighted by Crippen LogP contribution is -2.26. The Kier molecular flexibility index (Phi) is 4.32. The van der Waals surface area contributed by atoms with Crippen LogP contribution in [0.25, 0.3) is 0 Å². The fourth-order valence-electron chi connectivity index (χ4n) is 2.06. The van der Waals surface area contributed by atoms with E-state index in [-0.39, 0.29) is 24.8 Å². The highest BCUT2D eigenvalue weighted by Gasteiger charge is 2.36. The van der Waals surface area contributed by atoms with Crippen molar-refractivity contribution >= 4 is 40.8 Å². The standard InChI is InChI=1S/C13H13Cl2NO3/c1-2-19-13(18)8-6-11(17)16(7-8)10-5-3-4-9(14)12(10)15/h3-5,8H,2,6-7H2,1H3. The molecule has 0 aromatic heterocycles. The molecule has 1 fully saturated rings. The molecule has 1 atom stereocenters. The van der Waals surface area contributed by atoms with Gasteiger partial charge in [-0.25, -0.2) is 0 Å². The highest BCUT2D eigenvalue weighted by molar-refractivity contribution is 6.44. The van der Waals surface area contributed by atoms with Crippen LogP contribution in [-0.2, 0) is 14.3 Å². The minimum atomic E-state index is -0.442. The fraction of sp³-hybridized carbons (Fsp3) is 0.385. The predicted octanol–water partition coefficient (Wildman–Crippen LogP) is 2.91. The Morgan fingerprint density at radius 3 is 2.89 bits per heavy atom. The van der Waals surface area contributed by atoms with Crippen molar-refractivity contribution in [1.82, 2.24) is 0 Å². The van der Waals surface area contributed by atoms with Crippen LogP contribution in [0.15, 0.2) is 18.2 Å². The Morgan fingerprint density at radius 1 is 1.47 bits per heavy atom. The molecule has 0 bridgehead atoms. The second kappa shape index (κ2) is 5.80. The van der Waals surface area contributed by atoms with E-state index >= 15 is 0 Å². The van der Waals surface area contributed by atoms with Crippen molar-refractivity contribution in [3.63, 3.8) is 0 Å². The van der Waals surface area contributed by atoms with E-state index in [4.69, 9.17) is 27.9 Å². The summed E-state index contributed by atoms with van der Waals surface area (Å²) in [7, 11) is 0. The molecular formula is C13H13Cl2NO3. The molecule has 1 aromatic carbocycles. The van der Waals surface area contributed by atoms with Gasteiger partial charge >= 0.3 is 5.97 Å². The van der Waals surface area contributed by atoms with Crippen LogP contribution in [0.5, 0.6) is 0 Å². The quantitative estimate of drug-likeness (QED) is 0.807. The lowest BCUT2D eigenvalue weighted by molar-refractivity contribution is -0.147. The summed E-state index contributed by atoms with van der Waals surface area (Å²) in [4.78, 5) is 25.1. The van der Waals surface area contributed by atoms with E-state index in [0.29, 0.717) is 22.3 Å². The molecule has 0 saturated carbocycles. The van der Waals surface area contributed by atoms with Crippen molar-refractivity contribution in [1.29, 1.82) is 0 Å². The molecule has 4 nitrogen and oxygen atoms in total. The van der Waals surface area contributed by atoms with Gasteiger partial charge in [-0.2, -0.15) is 0 Å². The zero-order chi connectivity index (χ0) is 14.0. The fourth-order valence-corrected chi connectivity index (χ4v) is 2.46. The Labute approximate surface area is 121 Å². The van der Waals surface area contributed by atoms with Gasteiger partial charge in [-0.1, -0.05) is 29.3 Å². The number of anilines is 1. The van der Waals surface area contributed by atoms with Crippen LogP contribution in [-0.4, -0.2) is 25.0 Å². The molecule has 1 aromatic rings. The third-order valence-electron chi connectivity index (χ3n) is 2.97. The number of halogens is 2. The predicted molar refractivity (Wildman–Crippen MR) is 73.6 cm³/mol. The molecule has 0 radical (unpaired) electrons. The van der Waals surface area contributed by atoms with Gasteiger partial charge in [0.25, 0.3) is 0 Å². The second-order valence-electron chi connectivity index (χ2n) is 4.23. The first-order valence-corrected chi connectivity index (χ1v) is 6.71. The lowest BCUT2D eigenvalue weighted by atomic mass is 10.1. The average molecular weight is 302 g/mol. The monoisotopic (exact) mass is 301 g/mol. The molecule has 0 spiro atoms. The maximum absolute atomic E-state index is 12.0. The molecule has 2 rings (SSSR count). The molecule has 102 valence electrons. The molecule has 1 aliphatic heterocycles. The van der Waals surface area contributed by atoms with Crippen LogP contribution in [0.1, 0.15) is 13.3 Å². The topological polar surface area (TPSA) is 46.6 Å². The first kappa shape index (κ1) is 14.2. The summed E-state index contributed by atoms with van der Waals surface area (Å²) in [5.41, 5.74) is 0.533. The van der Waals surface area contributed by atoms with Crippen LogP contribution < -0.4 is 4.90 Å². The smallest absolute Gasteiger partial charge is 0.311 e. The van der Waals surface area contributed by atoms with Gasteiger partial charge in [0.05, 0.1) is 28.3 Å². The van der Waals surface area contributed by atoms with Gasteiger partial charge in [0.2, 0.25) is 5.91 Å². The minimum Gasteiger partial charge on any atom is -0.466 e. The van der Waals surface area contributed by atoms with Crippen molar-refractivity contribution in [3.05, 3.63) is 28.2 Å². The summed E-state index contributed by atoms with van der Waals surface area (Å²) in [6, 6.07) is 5.07. The molecule has 1 amide bonds. The Hall–Kier alpha value is -1.26. The Balaban J connectivity index is 2.20. The van der Waals surface area contributed by atoms with E-state index in [2.05, 4.69) is 0 Å². The molecule has 1 unspecified atom stereocenters. The number of carbonyl (C=O) groups excluding carboxylic acids is 2. The molecule has 19 heavy (non-hydrogen) atoms. The van der Waals surface area contributed by atoms with Gasteiger partial charge in [0, 0.05) is 13.0 Å². The highest BCUT2D eigenvalue weighted by Crippen LogP contribution is 2.35. The van der Waals surface area contributed by atoms with Crippen molar-refractivity contribution in [3.8, 4) is 0 Å². The van der Waals surface area contributed by atoms with E-state index in [1.54, 1.807) is 25.1 Å². The normalized spacial score (nSPS) is 18.8. The van der Waals surface area contributed by atoms with Crippen LogP contribution in [0.2, 0.25) is 10.0 Å². The summed E-state index contributed by atoms with van der Waals surface area (Å²) in [6.07, 6.45) is 0.141. The number of hydrogen-bond donors (Lipinski definition) is 0. The molecular weight excluding hydrogens is 289 g/mol. The van der Waals surface area contributed by atoms with E-state index < -0.39 is 5.92 Å². The van der Waals surface area contributed by atoms with Crippen molar-refractivity contribution < 1.29 is 14.3 Å². The van der Waals surface area contributed by atoms with E-state index in [0.717, 1.165) is 0 Å². The highest BCUT2D eigenvalue weighted by atomic mass is 35.5. The number of esters is 1. The van der Waals surface area contributed by atoms with Crippen molar-refractivity contribution in [2.45, 2.75) is 13.3 Å². The first-order chi connectivity index (χ1) is 9.04. The molecule has 0 N–H and O–H groups in total. The third kappa shape index (κ3) is 2.85. The summed E-state index contributed by atoms with van der Waals surface area (Å²) in [5, 5.41) is 0.702. The van der Waals surface area contributed by atoms with Gasteiger partial charge in [0.15, 0.2) is 0 Å². The molecule has 1 saturated heterocycles. The number of nitrogens with zero attached hydrogens (tertiary/aromatic N) is 1. The van der Waals surface area contributed by atoms with E-state index in [1.807, 2.05) is 0 Å². The number of amides is 1. The number of hydrogen-bond acceptors (Lipinski definition) is 3. The summed E-state index contributed by atoms with van der Waals surface area (Å²) in [6.45, 7) is 2.32.